The van der Waals surface area contributed by atoms with Crippen LogP contribution in [0.25, 0.3) is 0 Å². The van der Waals surface area contributed by atoms with Gasteiger partial charge < -0.3 is 4.74 Å². The van der Waals surface area contributed by atoms with Gasteiger partial charge in [-0.1, -0.05) is 30.3 Å². The first-order valence-corrected chi connectivity index (χ1v) is 8.95. The fourth-order valence-electron chi connectivity index (χ4n) is 1.34. The van der Waals surface area contributed by atoms with Gasteiger partial charge in [0.05, 0.1) is 6.61 Å². The van der Waals surface area contributed by atoms with E-state index in [9.17, 15) is 35.2 Å². The minimum atomic E-state index is -6.32. The summed E-state index contributed by atoms with van der Waals surface area (Å²) in [5.74, 6) is -3.09. The molecule has 0 saturated carbocycles. The fourth-order valence-corrected chi connectivity index (χ4v) is 3.97. The van der Waals surface area contributed by atoms with Crippen LogP contribution in [0.4, 0.5) is 22.0 Å². The second-order valence-electron chi connectivity index (χ2n) is 4.18. The second-order valence-corrected chi connectivity index (χ2v) is 7.59. The Hall–Kier alpha value is -1.40. The van der Waals surface area contributed by atoms with Crippen molar-refractivity contribution in [2.75, 3.05) is 6.61 Å². The Balaban J connectivity index is 3.19. The summed E-state index contributed by atoms with van der Waals surface area (Å²) in [6.07, 6.45) is 0. The van der Waals surface area contributed by atoms with Crippen LogP contribution in [-0.4, -0.2) is 31.8 Å². The topological polar surface area (TPSA) is 69.7 Å². The Labute approximate surface area is 137 Å². The number of carbonyl (C=O) groups excluding carboxylic acids is 1. The second kappa shape index (κ2) is 7.66. The van der Waals surface area contributed by atoms with Crippen molar-refractivity contribution in [2.24, 2.45) is 0 Å². The molecular weight excluding hydrogens is 383 g/mol. The van der Waals surface area contributed by atoms with E-state index in [1.165, 1.54) is 37.3 Å². The molecule has 136 valence electrons. The molecule has 0 spiro atoms. The fraction of sp³-hybridized carbons (Fsp3) is 0.417. The van der Waals surface area contributed by atoms with E-state index in [1.54, 1.807) is 0 Å². The minimum absolute atomic E-state index is 0.0576. The molecule has 0 aromatic heterocycles. The first kappa shape index (κ1) is 20.6. The molecule has 0 aliphatic heterocycles. The van der Waals surface area contributed by atoms with Crippen LogP contribution in [0.5, 0.6) is 0 Å². The van der Waals surface area contributed by atoms with Crippen LogP contribution in [0.1, 0.15) is 12.5 Å². The van der Waals surface area contributed by atoms with Crippen LogP contribution in [0.2, 0.25) is 0 Å². The van der Waals surface area contributed by atoms with E-state index in [-0.39, 0.29) is 5.56 Å². The number of alkyl halides is 5. The number of benzene rings is 1. The Bertz CT molecular complexity index is 660. The molecule has 5 nitrogen and oxygen atoms in total. The first-order valence-electron chi connectivity index (χ1n) is 6.23. The molecule has 0 amide bonds. The third kappa shape index (κ3) is 5.05. The summed E-state index contributed by atoms with van der Waals surface area (Å²) in [7, 11) is -6.32. The van der Waals surface area contributed by atoms with Gasteiger partial charge in [-0.25, -0.2) is 4.79 Å². The third-order valence-electron chi connectivity index (χ3n) is 2.39. The highest BCUT2D eigenvalue weighted by molar-refractivity contribution is 8.03. The zero-order valence-electron chi connectivity index (χ0n) is 12.0. The van der Waals surface area contributed by atoms with Gasteiger partial charge in [0, 0.05) is 5.56 Å². The zero-order valence-corrected chi connectivity index (χ0v) is 13.7. The van der Waals surface area contributed by atoms with Gasteiger partial charge in [0.25, 0.3) is 11.2 Å². The molecule has 1 aromatic rings. The Kier molecular flexibility index (Phi) is 6.59. The molecule has 24 heavy (non-hydrogen) atoms. The molecule has 0 N–H and O–H groups in total. The van der Waals surface area contributed by atoms with Crippen molar-refractivity contribution in [1.82, 2.24) is 0 Å². The lowest BCUT2D eigenvalue weighted by Gasteiger charge is -2.15. The van der Waals surface area contributed by atoms with E-state index in [1.807, 2.05) is 0 Å². The molecule has 0 radical (unpaired) electrons. The molecule has 0 aliphatic carbocycles. The van der Waals surface area contributed by atoms with E-state index < -0.39 is 50.4 Å². The van der Waals surface area contributed by atoms with Crippen LogP contribution in [0.15, 0.2) is 30.3 Å². The maximum atomic E-state index is 14.1. The largest absolute Gasteiger partial charge is 0.543 e. The lowest BCUT2D eigenvalue weighted by molar-refractivity contribution is -0.160. The monoisotopic (exact) mass is 395 g/mol. The van der Waals surface area contributed by atoms with Crippen molar-refractivity contribution in [3.05, 3.63) is 35.9 Å². The van der Waals surface area contributed by atoms with Crippen molar-refractivity contribution in [3.8, 4) is 0 Å². The van der Waals surface area contributed by atoms with Crippen LogP contribution in [0, 0.1) is 0 Å². The summed E-state index contributed by atoms with van der Waals surface area (Å²) in [4.78, 5) is 11.3. The molecular formula is C12H12F5O5S2+. The number of halogens is 5. The van der Waals surface area contributed by atoms with Gasteiger partial charge in [-0.3, -0.25) is 0 Å². The van der Waals surface area contributed by atoms with Crippen molar-refractivity contribution in [1.29, 1.82) is 0 Å². The van der Waals surface area contributed by atoms with E-state index in [4.69, 9.17) is 0 Å². The summed E-state index contributed by atoms with van der Waals surface area (Å²) >= 11 is -3.25. The zero-order chi connectivity index (χ0) is 18.6. The van der Waals surface area contributed by atoms with Crippen LogP contribution < -0.4 is 0 Å². The average Bonchev–Trinajstić information content (AvgIpc) is 2.46. The SMILES string of the molecule is CCOC(=O)C(F)(F)[S+](Cc1ccccc1)OS(=O)(=O)C(F)(F)F. The van der Waals surface area contributed by atoms with Crippen LogP contribution >= 0.6 is 0 Å². The maximum Gasteiger partial charge on any atom is 0.543 e. The number of carbonyl (C=O) groups is 1. The highest BCUT2D eigenvalue weighted by Crippen LogP contribution is 2.35. The van der Waals surface area contributed by atoms with Gasteiger partial charge in [-0.15, -0.1) is 8.78 Å². The van der Waals surface area contributed by atoms with Gasteiger partial charge in [-0.05, 0) is 10.6 Å². The first-order chi connectivity index (χ1) is 10.9. The molecule has 1 atom stereocenters. The van der Waals surface area contributed by atoms with Crippen molar-refractivity contribution in [3.63, 3.8) is 0 Å². The van der Waals surface area contributed by atoms with Crippen molar-refractivity contribution < 1.29 is 43.5 Å². The lowest BCUT2D eigenvalue weighted by Crippen LogP contribution is -2.44. The van der Waals surface area contributed by atoms with Crippen LogP contribution in [-0.2, 0) is 40.2 Å². The number of rotatable bonds is 7. The molecule has 0 fully saturated rings. The molecule has 1 aromatic carbocycles. The van der Waals surface area contributed by atoms with Gasteiger partial charge >= 0.3 is 26.9 Å². The van der Waals surface area contributed by atoms with Gasteiger partial charge in [0.1, 0.15) is 0 Å². The average molecular weight is 395 g/mol. The molecule has 0 bridgehead atoms. The minimum Gasteiger partial charge on any atom is -0.457 e. The molecule has 0 heterocycles. The summed E-state index contributed by atoms with van der Waals surface area (Å²) < 4.78 is 95.2. The smallest absolute Gasteiger partial charge is 0.457 e. The number of ether oxygens (including phenoxy) is 1. The number of hydrogen-bond acceptors (Lipinski definition) is 5. The normalized spacial score (nSPS) is 14.2. The Morgan fingerprint density at radius 2 is 1.67 bits per heavy atom. The summed E-state index contributed by atoms with van der Waals surface area (Å²) in [6.45, 7) is 0.736. The highest BCUT2D eigenvalue weighted by atomic mass is 32.3. The standard InChI is InChI=1S/C12H12F5O5S2/c1-2-21-10(18)11(13,14)23(8-9-6-4-3-5-7-9)22-24(19,20)12(15,16)17/h3-7H,2,8H2,1H3/q+1. The molecule has 0 aliphatic rings. The van der Waals surface area contributed by atoms with Crippen molar-refractivity contribution in [2.45, 2.75) is 23.4 Å². The van der Waals surface area contributed by atoms with E-state index in [0.29, 0.717) is 0 Å². The molecule has 1 unspecified atom stereocenters. The van der Waals surface area contributed by atoms with Gasteiger partial charge in [0.15, 0.2) is 5.75 Å². The molecule has 0 saturated heterocycles. The van der Waals surface area contributed by atoms with Gasteiger partial charge in [-0.2, -0.15) is 21.6 Å². The van der Waals surface area contributed by atoms with E-state index in [0.717, 1.165) is 0 Å². The predicted molar refractivity (Wildman–Crippen MR) is 75.2 cm³/mol. The Morgan fingerprint density at radius 3 is 2.12 bits per heavy atom. The third-order valence-corrected chi connectivity index (χ3v) is 5.67. The lowest BCUT2D eigenvalue weighted by atomic mass is 10.2. The van der Waals surface area contributed by atoms with Crippen molar-refractivity contribution >= 4 is 27.3 Å². The summed E-state index contributed by atoms with van der Waals surface area (Å²) in [6, 6.07) is 6.85. The number of esters is 1. The number of hydrogen-bond donors (Lipinski definition) is 0. The highest BCUT2D eigenvalue weighted by Gasteiger charge is 2.66. The van der Waals surface area contributed by atoms with Crippen LogP contribution in [0.3, 0.4) is 0 Å². The maximum absolute atomic E-state index is 14.1. The van der Waals surface area contributed by atoms with E-state index in [2.05, 4.69) is 8.37 Å². The summed E-state index contributed by atoms with van der Waals surface area (Å²) in [5, 5.41) is -4.58. The predicted octanol–water partition coefficient (Wildman–Crippen LogP) is 2.74. The quantitative estimate of drug-likeness (QED) is 0.307. The Morgan fingerprint density at radius 1 is 1.12 bits per heavy atom. The summed E-state index contributed by atoms with van der Waals surface area (Å²) in [5.41, 5.74) is -5.85. The van der Waals surface area contributed by atoms with Gasteiger partial charge in [0.2, 0.25) is 0 Å². The van der Waals surface area contributed by atoms with E-state index >= 15 is 0 Å². The molecule has 1 rings (SSSR count). The molecule has 12 heteroatoms.